The van der Waals surface area contributed by atoms with Crippen molar-refractivity contribution in [2.75, 3.05) is 19.6 Å². The number of amides is 1. The zero-order valence-electron chi connectivity index (χ0n) is 14.9. The standard InChI is InChI=1S/C19H27BrN2O2/c1-14-11-22(12-15(2)24-14)19(3,4)13-21-18(23)9-8-16-6-5-7-17(20)10-16/h5-10,14-15H,11-13H2,1-4H3,(H,21,23)/b9-8-/t14-,15-/m1/s1. The van der Waals surface area contributed by atoms with E-state index in [1.807, 2.05) is 30.3 Å². The SMILES string of the molecule is C[C@@H]1CN(C(C)(C)CNC(=O)/C=C\c2cccc(Br)c2)C[C@@H](C)O1. The van der Waals surface area contributed by atoms with Gasteiger partial charge in [0.15, 0.2) is 0 Å². The number of nitrogens with one attached hydrogen (secondary N) is 1. The highest BCUT2D eigenvalue weighted by molar-refractivity contribution is 9.10. The van der Waals surface area contributed by atoms with E-state index in [2.05, 4.69) is 53.8 Å². The van der Waals surface area contributed by atoms with Crippen LogP contribution in [0.3, 0.4) is 0 Å². The fourth-order valence-corrected chi connectivity index (χ4v) is 3.35. The molecule has 1 N–H and O–H groups in total. The van der Waals surface area contributed by atoms with E-state index < -0.39 is 0 Å². The molecule has 1 aliphatic heterocycles. The average Bonchev–Trinajstić information content (AvgIpc) is 2.50. The molecule has 0 saturated carbocycles. The molecule has 1 aromatic carbocycles. The van der Waals surface area contributed by atoms with Crippen LogP contribution in [-0.2, 0) is 9.53 Å². The van der Waals surface area contributed by atoms with Crippen LogP contribution >= 0.6 is 15.9 Å². The Morgan fingerprint density at radius 1 is 1.38 bits per heavy atom. The average molecular weight is 395 g/mol. The van der Waals surface area contributed by atoms with Gasteiger partial charge in [0, 0.05) is 35.7 Å². The van der Waals surface area contributed by atoms with Gasteiger partial charge >= 0.3 is 0 Å². The molecule has 2 rings (SSSR count). The number of hydrogen-bond acceptors (Lipinski definition) is 3. The van der Waals surface area contributed by atoms with Crippen LogP contribution in [0.25, 0.3) is 6.08 Å². The lowest BCUT2D eigenvalue weighted by molar-refractivity contribution is -0.118. The molecule has 1 aliphatic rings. The van der Waals surface area contributed by atoms with E-state index in [1.54, 1.807) is 6.08 Å². The molecule has 0 aromatic heterocycles. The van der Waals surface area contributed by atoms with Gasteiger partial charge in [0.1, 0.15) is 0 Å². The molecule has 1 aromatic rings. The van der Waals surface area contributed by atoms with E-state index in [0.717, 1.165) is 23.1 Å². The van der Waals surface area contributed by atoms with E-state index in [4.69, 9.17) is 4.74 Å². The predicted molar refractivity (Wildman–Crippen MR) is 102 cm³/mol. The van der Waals surface area contributed by atoms with Crippen molar-refractivity contribution in [1.29, 1.82) is 0 Å². The molecule has 1 heterocycles. The molecule has 0 radical (unpaired) electrons. The van der Waals surface area contributed by atoms with Gasteiger partial charge in [0.25, 0.3) is 0 Å². The maximum Gasteiger partial charge on any atom is 0.244 e. The number of carbonyl (C=O) groups is 1. The Kier molecular flexibility index (Phi) is 6.61. The number of benzene rings is 1. The first kappa shape index (κ1) is 19.2. The van der Waals surface area contributed by atoms with Gasteiger partial charge in [-0.3, -0.25) is 9.69 Å². The van der Waals surface area contributed by atoms with Gasteiger partial charge in [-0.1, -0.05) is 28.1 Å². The first-order chi connectivity index (χ1) is 11.3. The van der Waals surface area contributed by atoms with Crippen molar-refractivity contribution in [2.45, 2.75) is 45.4 Å². The minimum Gasteiger partial charge on any atom is -0.373 e. The molecule has 5 heteroatoms. The normalized spacial score (nSPS) is 22.7. The Morgan fingerprint density at radius 2 is 2.04 bits per heavy atom. The molecule has 2 atom stereocenters. The van der Waals surface area contributed by atoms with E-state index >= 15 is 0 Å². The lowest BCUT2D eigenvalue weighted by Crippen LogP contribution is -2.58. The zero-order valence-corrected chi connectivity index (χ0v) is 16.5. The molecule has 1 saturated heterocycles. The number of carbonyl (C=O) groups excluding carboxylic acids is 1. The topological polar surface area (TPSA) is 41.6 Å². The number of morpholine rings is 1. The van der Waals surface area contributed by atoms with Gasteiger partial charge in [-0.25, -0.2) is 0 Å². The molecule has 4 nitrogen and oxygen atoms in total. The van der Waals surface area contributed by atoms with Crippen molar-refractivity contribution in [3.05, 3.63) is 40.4 Å². The van der Waals surface area contributed by atoms with Crippen LogP contribution in [0.1, 0.15) is 33.3 Å². The molecule has 24 heavy (non-hydrogen) atoms. The first-order valence-electron chi connectivity index (χ1n) is 8.38. The molecule has 0 unspecified atom stereocenters. The molecule has 0 aliphatic carbocycles. The molecular weight excluding hydrogens is 368 g/mol. The lowest BCUT2D eigenvalue weighted by atomic mass is 10.00. The third-order valence-corrected chi connectivity index (χ3v) is 4.74. The molecule has 1 amide bonds. The lowest BCUT2D eigenvalue weighted by Gasteiger charge is -2.45. The summed E-state index contributed by atoms with van der Waals surface area (Å²) in [7, 11) is 0. The fraction of sp³-hybridized carbons (Fsp3) is 0.526. The largest absolute Gasteiger partial charge is 0.373 e. The quantitative estimate of drug-likeness (QED) is 0.777. The summed E-state index contributed by atoms with van der Waals surface area (Å²) in [5.41, 5.74) is 0.889. The second-order valence-electron chi connectivity index (χ2n) is 7.08. The Bertz CT molecular complexity index is 591. The van der Waals surface area contributed by atoms with Gasteiger partial charge in [-0.15, -0.1) is 0 Å². The van der Waals surface area contributed by atoms with Crippen LogP contribution in [0.4, 0.5) is 0 Å². The van der Waals surface area contributed by atoms with E-state index in [0.29, 0.717) is 6.54 Å². The molecule has 0 spiro atoms. The van der Waals surface area contributed by atoms with Gasteiger partial charge in [-0.2, -0.15) is 0 Å². The van der Waals surface area contributed by atoms with Crippen molar-refractivity contribution in [3.63, 3.8) is 0 Å². The maximum atomic E-state index is 12.1. The van der Waals surface area contributed by atoms with Gasteiger partial charge in [0.2, 0.25) is 5.91 Å². The number of nitrogens with zero attached hydrogens (tertiary/aromatic N) is 1. The van der Waals surface area contributed by atoms with Crippen molar-refractivity contribution >= 4 is 27.9 Å². The summed E-state index contributed by atoms with van der Waals surface area (Å²) in [5, 5.41) is 3.01. The summed E-state index contributed by atoms with van der Waals surface area (Å²) in [6.07, 6.45) is 3.86. The Hall–Kier alpha value is -1.17. The van der Waals surface area contributed by atoms with Gasteiger partial charge in [-0.05, 0) is 51.5 Å². The highest BCUT2D eigenvalue weighted by Crippen LogP contribution is 2.20. The van der Waals surface area contributed by atoms with Crippen LogP contribution in [-0.4, -0.2) is 48.2 Å². The van der Waals surface area contributed by atoms with Crippen LogP contribution in [0, 0.1) is 0 Å². The second kappa shape index (κ2) is 8.28. The van der Waals surface area contributed by atoms with E-state index in [1.165, 1.54) is 0 Å². The summed E-state index contributed by atoms with van der Waals surface area (Å²) in [4.78, 5) is 14.5. The minimum absolute atomic E-state index is 0.0718. The first-order valence-corrected chi connectivity index (χ1v) is 9.17. The van der Waals surface area contributed by atoms with Crippen LogP contribution in [0.15, 0.2) is 34.8 Å². The van der Waals surface area contributed by atoms with Gasteiger partial charge in [0.05, 0.1) is 12.2 Å². The van der Waals surface area contributed by atoms with Crippen molar-refractivity contribution in [2.24, 2.45) is 0 Å². The Balaban J connectivity index is 1.88. The fourth-order valence-electron chi connectivity index (χ4n) is 2.93. The monoisotopic (exact) mass is 394 g/mol. The van der Waals surface area contributed by atoms with Crippen molar-refractivity contribution in [3.8, 4) is 0 Å². The highest BCUT2D eigenvalue weighted by atomic mass is 79.9. The number of hydrogen-bond donors (Lipinski definition) is 1. The summed E-state index contributed by atoms with van der Waals surface area (Å²) >= 11 is 3.43. The van der Waals surface area contributed by atoms with E-state index in [-0.39, 0.29) is 23.7 Å². The third kappa shape index (κ3) is 5.72. The number of halogens is 1. The zero-order chi connectivity index (χ0) is 17.7. The van der Waals surface area contributed by atoms with Crippen LogP contribution in [0.2, 0.25) is 0 Å². The second-order valence-corrected chi connectivity index (χ2v) is 8.00. The summed E-state index contributed by atoms with van der Waals surface area (Å²) in [6, 6.07) is 7.86. The Labute approximate surface area is 153 Å². The molecule has 132 valence electrons. The van der Waals surface area contributed by atoms with Crippen molar-refractivity contribution in [1.82, 2.24) is 10.2 Å². The molecule has 1 fully saturated rings. The summed E-state index contributed by atoms with van der Waals surface area (Å²) in [6.45, 7) is 10.9. The minimum atomic E-state index is -0.106. The van der Waals surface area contributed by atoms with Crippen LogP contribution < -0.4 is 5.32 Å². The summed E-state index contributed by atoms with van der Waals surface area (Å²) < 4.78 is 6.79. The van der Waals surface area contributed by atoms with Crippen molar-refractivity contribution < 1.29 is 9.53 Å². The van der Waals surface area contributed by atoms with Crippen LogP contribution in [0.5, 0.6) is 0 Å². The summed E-state index contributed by atoms with van der Waals surface area (Å²) in [5.74, 6) is -0.0718. The molecule has 0 bridgehead atoms. The number of rotatable bonds is 5. The maximum absolute atomic E-state index is 12.1. The smallest absolute Gasteiger partial charge is 0.244 e. The number of ether oxygens (including phenoxy) is 1. The molecular formula is C19H27BrN2O2. The third-order valence-electron chi connectivity index (χ3n) is 4.25. The van der Waals surface area contributed by atoms with Gasteiger partial charge < -0.3 is 10.1 Å². The van der Waals surface area contributed by atoms with E-state index in [9.17, 15) is 4.79 Å². The Morgan fingerprint density at radius 3 is 2.67 bits per heavy atom. The highest BCUT2D eigenvalue weighted by Gasteiger charge is 2.33. The predicted octanol–water partition coefficient (Wildman–Crippen LogP) is 3.47.